The van der Waals surface area contributed by atoms with Crippen molar-refractivity contribution < 1.29 is 38.7 Å². The molecule has 5 N–H and O–H groups in total. The van der Waals surface area contributed by atoms with Gasteiger partial charge in [0, 0.05) is 6.04 Å². The summed E-state index contributed by atoms with van der Waals surface area (Å²) in [6.45, 7) is 1.09. The Bertz CT molecular complexity index is 1350. The van der Waals surface area contributed by atoms with Crippen molar-refractivity contribution in [3.8, 4) is 5.75 Å². The van der Waals surface area contributed by atoms with Crippen molar-refractivity contribution in [2.75, 3.05) is 18.3 Å². The Kier molecular flexibility index (Phi) is 8.64. The lowest BCUT2D eigenvalue weighted by Gasteiger charge is -2.23. The number of rotatable bonds is 12. The highest BCUT2D eigenvalue weighted by Gasteiger charge is 2.45. The fourth-order valence-electron chi connectivity index (χ4n) is 4.91. The van der Waals surface area contributed by atoms with Crippen LogP contribution < -0.4 is 14.9 Å². The Labute approximate surface area is 230 Å². The third-order valence-corrected chi connectivity index (χ3v) is 8.79. The molecule has 6 atom stereocenters. The topological polar surface area (TPSA) is 190 Å². The van der Waals surface area contributed by atoms with Gasteiger partial charge in [-0.25, -0.2) is 19.6 Å². The summed E-state index contributed by atoms with van der Waals surface area (Å²) in [5.74, 6) is -0.363. The zero-order chi connectivity index (χ0) is 28.3. The Morgan fingerprint density at radius 3 is 2.67 bits per heavy atom. The lowest BCUT2D eigenvalue weighted by molar-refractivity contribution is -0.138. The molecule has 3 aromatic rings. The highest BCUT2D eigenvalue weighted by Crippen LogP contribution is 2.44. The van der Waals surface area contributed by atoms with E-state index < -0.39 is 50.3 Å². The van der Waals surface area contributed by atoms with E-state index in [-0.39, 0.29) is 12.4 Å². The molecule has 0 radical (unpaired) electrons. The number of aliphatic hydroxyl groups excluding tert-OH is 2. The summed E-state index contributed by atoms with van der Waals surface area (Å²) in [5, 5.41) is 41.0. The third kappa shape index (κ3) is 6.27. The van der Waals surface area contributed by atoms with E-state index in [4.69, 9.17) is 14.0 Å². The lowest BCUT2D eigenvalue weighted by Crippen LogP contribution is -2.36. The number of nitrogens with one attached hydrogen (secondary N) is 2. The first-order valence-corrected chi connectivity index (χ1v) is 14.9. The van der Waals surface area contributed by atoms with Crippen LogP contribution in [0, 0.1) is 0 Å². The first kappa shape index (κ1) is 28.4. The number of imidazole rings is 1. The largest absolute Gasteiger partial charge is 0.480 e. The summed E-state index contributed by atoms with van der Waals surface area (Å²) >= 11 is 0. The number of hydrogen-bond acceptors (Lipinski definition) is 11. The van der Waals surface area contributed by atoms with Crippen molar-refractivity contribution in [1.29, 1.82) is 0 Å². The van der Waals surface area contributed by atoms with Gasteiger partial charge in [-0.15, -0.1) is 0 Å². The molecule has 1 aliphatic heterocycles. The number of ether oxygens (including phenoxy) is 2. The molecule has 216 valence electrons. The van der Waals surface area contributed by atoms with Gasteiger partial charge >= 0.3 is 13.5 Å². The summed E-state index contributed by atoms with van der Waals surface area (Å²) in [6, 6.07) is 7.42. The van der Waals surface area contributed by atoms with Crippen molar-refractivity contribution in [1.82, 2.24) is 24.7 Å². The van der Waals surface area contributed by atoms with Crippen molar-refractivity contribution in [3.05, 3.63) is 48.5 Å². The van der Waals surface area contributed by atoms with E-state index in [0.29, 0.717) is 23.2 Å². The van der Waals surface area contributed by atoms with Gasteiger partial charge in [0.2, 0.25) is 0 Å². The van der Waals surface area contributed by atoms with Crippen molar-refractivity contribution in [3.63, 3.8) is 0 Å². The van der Waals surface area contributed by atoms with Gasteiger partial charge in [0.15, 0.2) is 11.5 Å². The van der Waals surface area contributed by atoms with Crippen LogP contribution in [0.5, 0.6) is 5.75 Å². The van der Waals surface area contributed by atoms with E-state index in [0.717, 1.165) is 25.7 Å². The summed E-state index contributed by atoms with van der Waals surface area (Å²) < 4.78 is 32.1. The van der Waals surface area contributed by atoms with E-state index >= 15 is 0 Å². The number of carboxylic acids is 1. The van der Waals surface area contributed by atoms with Crippen LogP contribution in [0.25, 0.3) is 5.65 Å². The molecule has 2 fully saturated rings. The average Bonchev–Trinajstić information content (AvgIpc) is 3.66. The molecular weight excluding hydrogens is 543 g/mol. The maximum absolute atomic E-state index is 13.5. The number of benzene rings is 1. The molecule has 2 aromatic heterocycles. The first-order chi connectivity index (χ1) is 19.2. The molecule has 0 spiro atoms. The Hall–Kier alpha value is -3.13. The second-order valence-electron chi connectivity index (χ2n) is 10.00. The molecule has 15 heteroatoms. The molecule has 40 heavy (non-hydrogen) atoms. The number of aromatic nitrogens is 4. The summed E-state index contributed by atoms with van der Waals surface area (Å²) in [5.41, 5.74) is 0.906. The second kappa shape index (κ2) is 12.2. The number of aliphatic hydroxyl groups is 2. The first-order valence-electron chi connectivity index (χ1n) is 13.1. The number of para-hydroxylation sites is 1. The number of nitrogens with zero attached hydrogens (tertiary/aromatic N) is 4. The molecule has 0 amide bonds. The highest BCUT2D eigenvalue weighted by atomic mass is 31.2. The average molecular weight is 577 g/mol. The van der Waals surface area contributed by atoms with Crippen molar-refractivity contribution >= 4 is 25.0 Å². The number of anilines is 1. The number of aliphatic carboxylic acids is 1. The van der Waals surface area contributed by atoms with Crippen LogP contribution in [0.15, 0.2) is 42.9 Å². The van der Waals surface area contributed by atoms with Crippen LogP contribution in [0.1, 0.15) is 44.4 Å². The van der Waals surface area contributed by atoms with Crippen molar-refractivity contribution in [2.45, 2.75) is 69.1 Å². The van der Waals surface area contributed by atoms with Gasteiger partial charge in [-0.2, -0.15) is 5.10 Å². The molecule has 1 saturated heterocycles. The fraction of sp³-hybridized carbons (Fsp3) is 0.520. The lowest BCUT2D eigenvalue weighted by atomic mass is 10.1. The van der Waals surface area contributed by atoms with Crippen LogP contribution in [-0.2, 0) is 18.8 Å². The number of fused-ring (bicyclic) bond motifs is 1. The van der Waals surface area contributed by atoms with Gasteiger partial charge in [-0.1, -0.05) is 31.0 Å². The van der Waals surface area contributed by atoms with Gasteiger partial charge in [0.1, 0.15) is 48.9 Å². The summed E-state index contributed by atoms with van der Waals surface area (Å²) in [4.78, 5) is 20.1. The van der Waals surface area contributed by atoms with E-state index in [1.807, 2.05) is 0 Å². The Morgan fingerprint density at radius 1 is 1.20 bits per heavy atom. The highest BCUT2D eigenvalue weighted by molar-refractivity contribution is 7.57. The molecule has 1 saturated carbocycles. The third-order valence-electron chi connectivity index (χ3n) is 6.98. The van der Waals surface area contributed by atoms with E-state index in [1.54, 1.807) is 30.3 Å². The second-order valence-corrected chi connectivity index (χ2v) is 12.0. The molecule has 2 unspecified atom stereocenters. The normalized spacial score (nSPS) is 25.6. The van der Waals surface area contributed by atoms with Gasteiger partial charge in [-0.3, -0.25) is 9.36 Å². The molecule has 5 rings (SSSR count). The molecule has 1 aromatic carbocycles. The predicted octanol–water partition coefficient (Wildman–Crippen LogP) is 1.95. The van der Waals surface area contributed by atoms with Crippen LogP contribution in [0.4, 0.5) is 5.82 Å². The maximum atomic E-state index is 13.5. The van der Waals surface area contributed by atoms with E-state index in [2.05, 4.69) is 25.5 Å². The van der Waals surface area contributed by atoms with Crippen LogP contribution >= 0.6 is 7.52 Å². The van der Waals surface area contributed by atoms with Crippen LogP contribution in [0.2, 0.25) is 0 Å². The minimum atomic E-state index is -3.85. The SMILES string of the molecule is CC(NP(=O)(COC[C@H]1O[C@@H](c2cnc3c(NC4CCCC4)ncnn23)[C@H](O)[C@@H]1O)Oc1ccccc1)C(=O)O. The van der Waals surface area contributed by atoms with Crippen LogP contribution in [0.3, 0.4) is 0 Å². The predicted molar refractivity (Wildman–Crippen MR) is 142 cm³/mol. The molecular formula is C25H33N6O8P. The molecule has 14 nitrogen and oxygen atoms in total. The zero-order valence-electron chi connectivity index (χ0n) is 21.9. The number of carboxylic acid groups (broad SMARTS) is 1. The zero-order valence-corrected chi connectivity index (χ0v) is 22.8. The van der Waals surface area contributed by atoms with Crippen LogP contribution in [-0.4, -0.2) is 84.2 Å². The minimum absolute atomic E-state index is 0.250. The van der Waals surface area contributed by atoms with Gasteiger partial charge in [-0.05, 0) is 31.9 Å². The fourth-order valence-corrected chi connectivity index (χ4v) is 6.59. The Balaban J connectivity index is 1.25. The van der Waals surface area contributed by atoms with Crippen molar-refractivity contribution in [2.24, 2.45) is 0 Å². The maximum Gasteiger partial charge on any atom is 0.342 e. The van der Waals surface area contributed by atoms with Gasteiger partial charge in [0.05, 0.1) is 18.5 Å². The number of carbonyl (C=O) groups is 1. The minimum Gasteiger partial charge on any atom is -0.480 e. The summed E-state index contributed by atoms with van der Waals surface area (Å²) in [6.07, 6.45) is 2.24. The molecule has 3 heterocycles. The summed E-state index contributed by atoms with van der Waals surface area (Å²) in [7, 11) is -3.85. The molecule has 2 aliphatic rings. The monoisotopic (exact) mass is 576 g/mol. The number of hydrogen-bond donors (Lipinski definition) is 5. The standard InChI is InChI=1S/C25H33N6O8P/c1-15(25(34)35)30-40(36,39-17-9-3-2-4-10-17)14-37-12-19-20(32)21(33)22(38-19)18-11-26-24-23(27-13-28-31(18)24)29-16-7-5-6-8-16/h2-4,9-11,13,15-16,19-22,32-33H,5-8,12,14H2,1H3,(H,30,36)(H,34,35)(H,27,28,29)/t15?,19-,20-,21-,22+,40?/m1/s1. The van der Waals surface area contributed by atoms with E-state index in [9.17, 15) is 24.7 Å². The quantitative estimate of drug-likeness (QED) is 0.197. The van der Waals surface area contributed by atoms with Gasteiger partial charge in [0.25, 0.3) is 0 Å². The smallest absolute Gasteiger partial charge is 0.342 e. The molecule has 1 aliphatic carbocycles. The molecule has 0 bridgehead atoms. The Morgan fingerprint density at radius 2 is 1.95 bits per heavy atom. The van der Waals surface area contributed by atoms with E-state index in [1.165, 1.54) is 24.0 Å². The van der Waals surface area contributed by atoms with Gasteiger partial charge < -0.3 is 34.6 Å².